The Bertz CT molecular complexity index is 831. The van der Waals surface area contributed by atoms with E-state index in [1.807, 2.05) is 37.3 Å². The highest BCUT2D eigenvalue weighted by molar-refractivity contribution is 6.37. The van der Waals surface area contributed by atoms with Gasteiger partial charge >= 0.3 is 0 Å². The lowest BCUT2D eigenvalue weighted by atomic mass is 10.1. The fourth-order valence-electron chi connectivity index (χ4n) is 2.17. The number of nitrogens with one attached hydrogen (secondary N) is 1. The maximum absolute atomic E-state index is 14.1. The van der Waals surface area contributed by atoms with Gasteiger partial charge in [0.1, 0.15) is 16.1 Å². The van der Waals surface area contributed by atoms with Crippen molar-refractivity contribution in [2.45, 2.75) is 6.92 Å². The van der Waals surface area contributed by atoms with Crippen molar-refractivity contribution in [3.8, 4) is 11.1 Å². The van der Waals surface area contributed by atoms with Gasteiger partial charge in [-0.25, -0.2) is 14.4 Å². The summed E-state index contributed by atoms with van der Waals surface area (Å²) < 4.78 is 14.1. The van der Waals surface area contributed by atoms with Crippen LogP contribution >= 0.6 is 23.2 Å². The normalized spacial score (nSPS) is 10.6. The van der Waals surface area contributed by atoms with Crippen LogP contribution in [0.4, 0.5) is 16.0 Å². The Hall–Kier alpha value is -2.17. The molecule has 3 rings (SSSR count). The number of hydrogen-bond acceptors (Lipinski definition) is 3. The van der Waals surface area contributed by atoms with E-state index in [1.165, 1.54) is 6.07 Å². The number of anilines is 2. The topological polar surface area (TPSA) is 37.8 Å². The Morgan fingerprint density at radius 1 is 0.957 bits per heavy atom. The fourth-order valence-corrected chi connectivity index (χ4v) is 2.76. The summed E-state index contributed by atoms with van der Waals surface area (Å²) in [6, 6.07) is 14.1. The highest BCUT2D eigenvalue weighted by Gasteiger charge is 2.17. The van der Waals surface area contributed by atoms with Gasteiger partial charge in [-0.3, -0.25) is 0 Å². The molecule has 0 unspecified atom stereocenters. The molecule has 0 amide bonds. The van der Waals surface area contributed by atoms with E-state index < -0.39 is 5.82 Å². The summed E-state index contributed by atoms with van der Waals surface area (Å²) >= 11 is 12.4. The Kier molecular flexibility index (Phi) is 4.46. The zero-order valence-electron chi connectivity index (χ0n) is 12.1. The zero-order valence-corrected chi connectivity index (χ0v) is 13.7. The largest absolute Gasteiger partial charge is 0.324 e. The summed E-state index contributed by atoms with van der Waals surface area (Å²) in [5.41, 5.74) is 2.26. The summed E-state index contributed by atoms with van der Waals surface area (Å²) in [6.45, 7) is 1.86. The van der Waals surface area contributed by atoms with Gasteiger partial charge in [0.05, 0.1) is 5.56 Å². The molecule has 0 aliphatic carbocycles. The van der Waals surface area contributed by atoms with Crippen LogP contribution in [-0.4, -0.2) is 9.97 Å². The van der Waals surface area contributed by atoms with E-state index in [4.69, 9.17) is 23.2 Å². The van der Waals surface area contributed by atoms with Crippen molar-refractivity contribution >= 4 is 34.8 Å². The third-order valence-electron chi connectivity index (χ3n) is 3.24. The summed E-state index contributed by atoms with van der Waals surface area (Å²) in [5.74, 6) is -0.172. The number of hydrogen-bond donors (Lipinski definition) is 1. The van der Waals surface area contributed by atoms with Crippen LogP contribution < -0.4 is 5.32 Å². The van der Waals surface area contributed by atoms with Crippen LogP contribution in [0.25, 0.3) is 11.1 Å². The summed E-state index contributed by atoms with van der Waals surface area (Å²) in [6.07, 6.45) is 0. The van der Waals surface area contributed by atoms with Gasteiger partial charge in [-0.15, -0.1) is 0 Å². The standard InChI is InChI=1S/C17H12Cl2FN3/c1-10-7-8-13(20)12(9-10)14-15(18)22-17(23-16(14)19)21-11-5-3-2-4-6-11/h2-9H,1H3,(H,21,22,23). The predicted octanol–water partition coefficient (Wildman–Crippen LogP) is 5.64. The molecule has 0 fully saturated rings. The van der Waals surface area contributed by atoms with Gasteiger partial charge in [0.25, 0.3) is 0 Å². The minimum Gasteiger partial charge on any atom is -0.324 e. The summed E-state index contributed by atoms with van der Waals surface area (Å²) in [7, 11) is 0. The molecule has 0 bridgehead atoms. The minimum absolute atomic E-state index is 0.0907. The molecular weight excluding hydrogens is 336 g/mol. The van der Waals surface area contributed by atoms with Crippen molar-refractivity contribution in [3.05, 3.63) is 70.2 Å². The van der Waals surface area contributed by atoms with Crippen LogP contribution in [0.3, 0.4) is 0 Å². The summed E-state index contributed by atoms with van der Waals surface area (Å²) in [5, 5.41) is 3.19. The van der Waals surface area contributed by atoms with E-state index in [0.717, 1.165) is 11.3 Å². The van der Waals surface area contributed by atoms with Gasteiger partial charge in [-0.1, -0.05) is 53.0 Å². The Labute approximate surface area is 143 Å². The van der Waals surface area contributed by atoms with Crippen LogP contribution in [0.15, 0.2) is 48.5 Å². The van der Waals surface area contributed by atoms with Crippen LogP contribution in [0, 0.1) is 12.7 Å². The molecule has 0 saturated carbocycles. The molecule has 1 aromatic heterocycles. The maximum atomic E-state index is 14.1. The SMILES string of the molecule is Cc1ccc(F)c(-c2c(Cl)nc(Nc3ccccc3)nc2Cl)c1. The van der Waals surface area contributed by atoms with Gasteiger partial charge in [-0.05, 0) is 31.2 Å². The number of para-hydroxylation sites is 1. The first-order valence-electron chi connectivity index (χ1n) is 6.86. The molecule has 116 valence electrons. The lowest BCUT2D eigenvalue weighted by Gasteiger charge is -2.11. The molecule has 1 N–H and O–H groups in total. The van der Waals surface area contributed by atoms with Crippen LogP contribution in [0.5, 0.6) is 0 Å². The molecule has 0 radical (unpaired) electrons. The number of rotatable bonds is 3. The second kappa shape index (κ2) is 6.52. The first-order valence-corrected chi connectivity index (χ1v) is 7.62. The first-order chi connectivity index (χ1) is 11.0. The molecule has 6 heteroatoms. The average Bonchev–Trinajstić information content (AvgIpc) is 2.51. The smallest absolute Gasteiger partial charge is 0.230 e. The number of aromatic nitrogens is 2. The third-order valence-corrected chi connectivity index (χ3v) is 3.79. The Balaban J connectivity index is 2.03. The van der Waals surface area contributed by atoms with E-state index in [1.54, 1.807) is 12.1 Å². The molecular formula is C17H12Cl2FN3. The lowest BCUT2D eigenvalue weighted by molar-refractivity contribution is 0.630. The number of halogens is 3. The van der Waals surface area contributed by atoms with E-state index >= 15 is 0 Å². The quantitative estimate of drug-likeness (QED) is 0.622. The van der Waals surface area contributed by atoms with Crippen molar-refractivity contribution in [1.29, 1.82) is 0 Å². The van der Waals surface area contributed by atoms with Gasteiger partial charge in [-0.2, -0.15) is 0 Å². The molecule has 0 aliphatic rings. The minimum atomic E-state index is -0.424. The second-order valence-electron chi connectivity index (χ2n) is 4.98. The van der Waals surface area contributed by atoms with Crippen molar-refractivity contribution < 1.29 is 4.39 Å². The molecule has 3 nitrogen and oxygen atoms in total. The van der Waals surface area contributed by atoms with E-state index in [2.05, 4.69) is 15.3 Å². The van der Waals surface area contributed by atoms with Gasteiger partial charge in [0, 0.05) is 11.3 Å². The molecule has 0 saturated heterocycles. The van der Waals surface area contributed by atoms with Gasteiger partial charge in [0.15, 0.2) is 0 Å². The van der Waals surface area contributed by atoms with E-state index in [0.29, 0.717) is 0 Å². The third kappa shape index (κ3) is 3.44. The molecule has 23 heavy (non-hydrogen) atoms. The van der Waals surface area contributed by atoms with E-state index in [9.17, 15) is 4.39 Å². The lowest BCUT2D eigenvalue weighted by Crippen LogP contribution is -2.00. The number of aryl methyl sites for hydroxylation is 1. The molecule has 2 aromatic carbocycles. The van der Waals surface area contributed by atoms with Crippen molar-refractivity contribution in [1.82, 2.24) is 9.97 Å². The van der Waals surface area contributed by atoms with Crippen molar-refractivity contribution in [3.63, 3.8) is 0 Å². The van der Waals surface area contributed by atoms with Gasteiger partial charge in [0.2, 0.25) is 5.95 Å². The average molecular weight is 348 g/mol. The monoisotopic (exact) mass is 347 g/mol. The number of nitrogens with zero attached hydrogens (tertiary/aromatic N) is 2. The Morgan fingerprint density at radius 3 is 2.26 bits per heavy atom. The van der Waals surface area contributed by atoms with Crippen molar-refractivity contribution in [2.24, 2.45) is 0 Å². The molecule has 3 aromatic rings. The first kappa shape index (κ1) is 15.7. The number of benzene rings is 2. The second-order valence-corrected chi connectivity index (χ2v) is 5.69. The van der Waals surface area contributed by atoms with Crippen LogP contribution in [-0.2, 0) is 0 Å². The maximum Gasteiger partial charge on any atom is 0.230 e. The Morgan fingerprint density at radius 2 is 1.61 bits per heavy atom. The highest BCUT2D eigenvalue weighted by Crippen LogP contribution is 2.35. The van der Waals surface area contributed by atoms with Crippen LogP contribution in [0.1, 0.15) is 5.56 Å². The molecule has 1 heterocycles. The van der Waals surface area contributed by atoms with Crippen LogP contribution in [0.2, 0.25) is 10.3 Å². The van der Waals surface area contributed by atoms with E-state index in [-0.39, 0.29) is 27.4 Å². The fraction of sp³-hybridized carbons (Fsp3) is 0.0588. The predicted molar refractivity (Wildman–Crippen MR) is 91.9 cm³/mol. The highest BCUT2D eigenvalue weighted by atomic mass is 35.5. The summed E-state index contributed by atoms with van der Waals surface area (Å²) in [4.78, 5) is 8.34. The molecule has 0 spiro atoms. The van der Waals surface area contributed by atoms with Gasteiger partial charge < -0.3 is 5.32 Å². The molecule has 0 atom stereocenters. The van der Waals surface area contributed by atoms with Crippen molar-refractivity contribution in [2.75, 3.05) is 5.32 Å². The zero-order chi connectivity index (χ0) is 16.4. The molecule has 0 aliphatic heterocycles.